The number of nitrogens with zero attached hydrogens (tertiary/aromatic N) is 1. The predicted octanol–water partition coefficient (Wildman–Crippen LogP) is 0.647. The summed E-state index contributed by atoms with van der Waals surface area (Å²) in [6.45, 7) is 5.62. The molecule has 0 saturated carbocycles. The summed E-state index contributed by atoms with van der Waals surface area (Å²) in [5.41, 5.74) is 1.37. The minimum atomic E-state index is 0. The minimum Gasteiger partial charge on any atom is -1.00 e. The molecule has 0 aliphatic carbocycles. The molecule has 0 amide bonds. The van der Waals surface area contributed by atoms with Gasteiger partial charge >= 0.3 is 0 Å². The average molecular weight is 242 g/mol. The van der Waals surface area contributed by atoms with Crippen molar-refractivity contribution in [1.82, 2.24) is 0 Å². The van der Waals surface area contributed by atoms with Gasteiger partial charge in [-0.15, -0.1) is 0 Å². The summed E-state index contributed by atoms with van der Waals surface area (Å²) < 4.78 is 2.35. The number of rotatable bonds is 7. The van der Waals surface area contributed by atoms with Crippen LogP contribution < -0.4 is 17.0 Å². The molecule has 0 fully saturated rings. The number of aryl methyl sites for hydroxylation is 2. The molecule has 1 aromatic heterocycles. The molecule has 0 unspecified atom stereocenters. The Morgan fingerprint density at radius 2 is 1.69 bits per heavy atom. The number of unbranched alkanes of at least 4 members (excludes halogenated alkanes) is 5. The number of pyridine rings is 1. The molecule has 0 radical (unpaired) electrons. The van der Waals surface area contributed by atoms with Gasteiger partial charge in [-0.1, -0.05) is 38.7 Å². The van der Waals surface area contributed by atoms with Crippen molar-refractivity contribution in [3.05, 3.63) is 30.1 Å². The molecule has 0 N–H and O–H groups in total. The van der Waals surface area contributed by atoms with Crippen LogP contribution in [-0.2, 0) is 6.54 Å². The fourth-order valence-electron chi connectivity index (χ4n) is 1.88. The van der Waals surface area contributed by atoms with Crippen LogP contribution in [0.15, 0.2) is 24.4 Å². The molecule has 1 rings (SSSR count). The molecule has 0 aliphatic heterocycles. The van der Waals surface area contributed by atoms with Gasteiger partial charge in [-0.25, -0.2) is 4.57 Å². The van der Waals surface area contributed by atoms with Gasteiger partial charge in [0.1, 0.15) is 6.54 Å². The third kappa shape index (κ3) is 6.12. The van der Waals surface area contributed by atoms with Crippen molar-refractivity contribution < 1.29 is 17.0 Å². The van der Waals surface area contributed by atoms with E-state index in [1.165, 1.54) is 50.8 Å². The van der Waals surface area contributed by atoms with Crippen LogP contribution in [-0.4, -0.2) is 0 Å². The predicted molar refractivity (Wildman–Crippen MR) is 64.8 cm³/mol. The second-order valence-electron chi connectivity index (χ2n) is 4.30. The lowest BCUT2D eigenvalue weighted by molar-refractivity contribution is -0.703. The number of aromatic nitrogens is 1. The lowest BCUT2D eigenvalue weighted by atomic mass is 10.1. The number of halogens is 1. The van der Waals surface area contributed by atoms with E-state index < -0.39 is 0 Å². The van der Waals surface area contributed by atoms with E-state index >= 15 is 0 Å². The molecule has 0 bridgehead atoms. The van der Waals surface area contributed by atoms with E-state index in [1.54, 1.807) is 0 Å². The Labute approximate surface area is 106 Å². The van der Waals surface area contributed by atoms with Gasteiger partial charge in [0.05, 0.1) is 0 Å². The van der Waals surface area contributed by atoms with E-state index in [9.17, 15) is 0 Å². The quantitative estimate of drug-likeness (QED) is 0.488. The highest BCUT2D eigenvalue weighted by molar-refractivity contribution is 4.93. The fourth-order valence-corrected chi connectivity index (χ4v) is 1.88. The van der Waals surface area contributed by atoms with E-state index in [4.69, 9.17) is 0 Å². The van der Waals surface area contributed by atoms with E-state index in [0.29, 0.717) is 0 Å². The van der Waals surface area contributed by atoms with E-state index in [-0.39, 0.29) is 12.4 Å². The van der Waals surface area contributed by atoms with Crippen LogP contribution >= 0.6 is 0 Å². The molecule has 1 heterocycles. The smallest absolute Gasteiger partial charge is 0.178 e. The van der Waals surface area contributed by atoms with Crippen LogP contribution in [0, 0.1) is 6.92 Å². The van der Waals surface area contributed by atoms with E-state index in [1.807, 2.05) is 0 Å². The van der Waals surface area contributed by atoms with Gasteiger partial charge in [-0.05, 0) is 6.42 Å². The van der Waals surface area contributed by atoms with Crippen molar-refractivity contribution in [2.45, 2.75) is 58.9 Å². The van der Waals surface area contributed by atoms with Gasteiger partial charge in [0.25, 0.3) is 0 Å². The molecule has 0 aromatic carbocycles. The Hall–Kier alpha value is -0.560. The van der Waals surface area contributed by atoms with Gasteiger partial charge < -0.3 is 12.4 Å². The Morgan fingerprint density at radius 1 is 1.00 bits per heavy atom. The summed E-state index contributed by atoms with van der Waals surface area (Å²) in [6, 6.07) is 6.40. The maximum atomic E-state index is 2.35. The van der Waals surface area contributed by atoms with Crippen molar-refractivity contribution in [1.29, 1.82) is 0 Å². The molecule has 0 atom stereocenters. The molecule has 16 heavy (non-hydrogen) atoms. The maximum Gasteiger partial charge on any atom is 0.178 e. The standard InChI is InChI=1S/C14H24N.ClH/c1-3-4-5-6-7-9-12-15-13-10-8-11-14(15)2;/h8,10-11,13H,3-7,9,12H2,1-2H3;1H/q+1;/p-1. The number of hydrogen-bond donors (Lipinski definition) is 0. The van der Waals surface area contributed by atoms with Gasteiger partial charge in [-0.3, -0.25) is 0 Å². The summed E-state index contributed by atoms with van der Waals surface area (Å²) in [6.07, 6.45) is 10.4. The van der Waals surface area contributed by atoms with Crippen LogP contribution in [0.2, 0.25) is 0 Å². The summed E-state index contributed by atoms with van der Waals surface area (Å²) in [7, 11) is 0. The van der Waals surface area contributed by atoms with Crippen molar-refractivity contribution in [2.24, 2.45) is 0 Å². The van der Waals surface area contributed by atoms with Crippen LogP contribution in [0.25, 0.3) is 0 Å². The van der Waals surface area contributed by atoms with Crippen molar-refractivity contribution in [3.8, 4) is 0 Å². The highest BCUT2D eigenvalue weighted by Crippen LogP contribution is 2.04. The molecule has 0 saturated heterocycles. The first-order valence-electron chi connectivity index (χ1n) is 6.29. The average Bonchev–Trinajstić information content (AvgIpc) is 2.25. The Kier molecular flexibility index (Phi) is 9.31. The van der Waals surface area contributed by atoms with E-state index in [2.05, 4.69) is 42.8 Å². The topological polar surface area (TPSA) is 3.88 Å². The third-order valence-electron chi connectivity index (χ3n) is 2.92. The summed E-state index contributed by atoms with van der Waals surface area (Å²) in [5.74, 6) is 0. The second kappa shape index (κ2) is 9.65. The van der Waals surface area contributed by atoms with Crippen LogP contribution in [0.5, 0.6) is 0 Å². The normalized spacial score (nSPS) is 9.88. The monoisotopic (exact) mass is 241 g/mol. The Morgan fingerprint density at radius 3 is 2.38 bits per heavy atom. The van der Waals surface area contributed by atoms with Gasteiger partial charge in [0.15, 0.2) is 11.9 Å². The van der Waals surface area contributed by atoms with Gasteiger partial charge in [0.2, 0.25) is 0 Å². The van der Waals surface area contributed by atoms with Crippen molar-refractivity contribution >= 4 is 0 Å². The molecule has 0 spiro atoms. The summed E-state index contributed by atoms with van der Waals surface area (Å²) >= 11 is 0. The van der Waals surface area contributed by atoms with Crippen LogP contribution in [0.1, 0.15) is 51.1 Å². The van der Waals surface area contributed by atoms with Gasteiger partial charge in [-0.2, -0.15) is 0 Å². The third-order valence-corrected chi connectivity index (χ3v) is 2.92. The second-order valence-corrected chi connectivity index (χ2v) is 4.30. The zero-order valence-corrected chi connectivity index (χ0v) is 11.3. The first kappa shape index (κ1) is 15.4. The fraction of sp³-hybridized carbons (Fsp3) is 0.643. The summed E-state index contributed by atoms with van der Waals surface area (Å²) in [4.78, 5) is 0. The molecule has 1 nitrogen and oxygen atoms in total. The molecule has 1 aromatic rings. The van der Waals surface area contributed by atoms with E-state index in [0.717, 1.165) is 0 Å². The van der Waals surface area contributed by atoms with Crippen LogP contribution in [0.3, 0.4) is 0 Å². The molecule has 0 aliphatic rings. The first-order valence-corrected chi connectivity index (χ1v) is 6.29. The van der Waals surface area contributed by atoms with Gasteiger partial charge in [0, 0.05) is 25.5 Å². The summed E-state index contributed by atoms with van der Waals surface area (Å²) in [5, 5.41) is 0. The zero-order chi connectivity index (χ0) is 10.9. The molecule has 2 heteroatoms. The minimum absolute atomic E-state index is 0. The number of hydrogen-bond acceptors (Lipinski definition) is 0. The van der Waals surface area contributed by atoms with Crippen LogP contribution in [0.4, 0.5) is 0 Å². The molecular weight excluding hydrogens is 218 g/mol. The molecule has 92 valence electrons. The largest absolute Gasteiger partial charge is 1.00 e. The lowest BCUT2D eigenvalue weighted by Crippen LogP contribution is -3.00. The zero-order valence-electron chi connectivity index (χ0n) is 10.6. The first-order chi connectivity index (χ1) is 7.34. The van der Waals surface area contributed by atoms with Crippen molar-refractivity contribution in [3.63, 3.8) is 0 Å². The highest BCUT2D eigenvalue weighted by Gasteiger charge is 2.02. The SMILES string of the molecule is CCCCCCCC[n+]1ccccc1C.[Cl-]. The molecular formula is C14H24ClN. The highest BCUT2D eigenvalue weighted by atomic mass is 35.5. The lowest BCUT2D eigenvalue weighted by Gasteiger charge is -2.00. The Bertz CT molecular complexity index is 273. The Balaban J connectivity index is 0.00000225. The maximum absolute atomic E-state index is 2.35. The van der Waals surface area contributed by atoms with Crippen molar-refractivity contribution in [2.75, 3.05) is 0 Å².